The second kappa shape index (κ2) is 11.4. The van der Waals surface area contributed by atoms with Gasteiger partial charge in [-0.15, -0.1) is 0 Å². The first-order valence-electron chi connectivity index (χ1n) is 13.1. The quantitative estimate of drug-likeness (QED) is 0.255. The van der Waals surface area contributed by atoms with Gasteiger partial charge >= 0.3 is 5.97 Å². The standard InChI is InChI=1S/C31H33N3O3/c1-2-37-31(36)23-15-18-26-27(19-23)34-30(35)28(26)29(22-9-5-3-6-10-22)33-25-16-13-21(14-17-25)20-32-24-11-7-4-8-12-24/h3,5-6,9-10,13-19,24,32-33H,2,4,7-8,11-12,20H2,1H3,(H,34,35). The SMILES string of the molecule is CCOC(=O)c1ccc2c(c1)NC(=O)C2=C(Nc1ccc(CNC2CCCCC2)cc1)c1ccccc1. The van der Waals surface area contributed by atoms with Gasteiger partial charge in [-0.2, -0.15) is 0 Å². The molecular weight excluding hydrogens is 462 g/mol. The van der Waals surface area contributed by atoms with E-state index in [4.69, 9.17) is 4.74 Å². The lowest BCUT2D eigenvalue weighted by atomic mass is 9.95. The molecule has 1 fully saturated rings. The first kappa shape index (κ1) is 24.8. The number of amides is 1. The average Bonchev–Trinajstić information content (AvgIpc) is 3.27. The van der Waals surface area contributed by atoms with Crippen LogP contribution in [0.5, 0.6) is 0 Å². The molecule has 0 atom stereocenters. The Morgan fingerprint density at radius 1 is 0.946 bits per heavy atom. The molecule has 0 bridgehead atoms. The zero-order valence-electron chi connectivity index (χ0n) is 21.2. The largest absolute Gasteiger partial charge is 0.462 e. The van der Waals surface area contributed by atoms with E-state index in [-0.39, 0.29) is 5.91 Å². The number of hydrogen-bond donors (Lipinski definition) is 3. The molecule has 3 aromatic carbocycles. The van der Waals surface area contributed by atoms with Gasteiger partial charge in [0.05, 0.1) is 29.1 Å². The number of rotatable bonds is 8. The van der Waals surface area contributed by atoms with Gasteiger partial charge in [0.15, 0.2) is 0 Å². The third kappa shape index (κ3) is 5.75. The van der Waals surface area contributed by atoms with Crippen molar-refractivity contribution < 1.29 is 14.3 Å². The first-order chi connectivity index (χ1) is 18.1. The lowest BCUT2D eigenvalue weighted by molar-refractivity contribution is -0.110. The van der Waals surface area contributed by atoms with E-state index in [1.165, 1.54) is 37.7 Å². The van der Waals surface area contributed by atoms with Gasteiger partial charge in [-0.3, -0.25) is 4.79 Å². The summed E-state index contributed by atoms with van der Waals surface area (Å²) in [4.78, 5) is 25.4. The number of fused-ring (bicyclic) bond motifs is 1. The molecule has 0 spiro atoms. The monoisotopic (exact) mass is 495 g/mol. The molecule has 0 aromatic heterocycles. The minimum atomic E-state index is -0.406. The summed E-state index contributed by atoms with van der Waals surface area (Å²) in [5, 5.41) is 10.1. The van der Waals surface area contributed by atoms with E-state index in [0.717, 1.165) is 23.4 Å². The summed E-state index contributed by atoms with van der Waals surface area (Å²) < 4.78 is 5.12. The van der Waals surface area contributed by atoms with Gasteiger partial charge in [0.1, 0.15) is 0 Å². The van der Waals surface area contributed by atoms with E-state index in [0.29, 0.717) is 35.2 Å². The normalized spacial score (nSPS) is 16.6. The molecule has 1 aliphatic heterocycles. The lowest BCUT2D eigenvalue weighted by Crippen LogP contribution is -2.30. The van der Waals surface area contributed by atoms with E-state index < -0.39 is 5.97 Å². The van der Waals surface area contributed by atoms with Crippen LogP contribution in [-0.2, 0) is 16.1 Å². The number of carbonyl (C=O) groups excluding carboxylic acids is 2. The van der Waals surface area contributed by atoms with Gasteiger partial charge in [0, 0.05) is 23.8 Å². The van der Waals surface area contributed by atoms with Gasteiger partial charge in [0.25, 0.3) is 5.91 Å². The number of nitrogens with one attached hydrogen (secondary N) is 3. The predicted octanol–water partition coefficient (Wildman–Crippen LogP) is 6.22. The van der Waals surface area contributed by atoms with Crippen molar-refractivity contribution in [1.82, 2.24) is 5.32 Å². The summed E-state index contributed by atoms with van der Waals surface area (Å²) >= 11 is 0. The number of esters is 1. The molecule has 0 saturated heterocycles. The molecule has 3 N–H and O–H groups in total. The summed E-state index contributed by atoms with van der Waals surface area (Å²) in [6, 6.07) is 24.0. The Morgan fingerprint density at radius 3 is 2.43 bits per heavy atom. The minimum absolute atomic E-state index is 0.212. The molecule has 1 saturated carbocycles. The molecule has 190 valence electrons. The van der Waals surface area contributed by atoms with Crippen LogP contribution in [0.1, 0.15) is 66.1 Å². The maximum atomic E-state index is 13.2. The highest BCUT2D eigenvalue weighted by molar-refractivity contribution is 6.37. The van der Waals surface area contributed by atoms with Crippen molar-refractivity contribution in [2.45, 2.75) is 51.6 Å². The first-order valence-corrected chi connectivity index (χ1v) is 13.1. The summed E-state index contributed by atoms with van der Waals surface area (Å²) in [7, 11) is 0. The van der Waals surface area contributed by atoms with E-state index in [9.17, 15) is 9.59 Å². The summed E-state index contributed by atoms with van der Waals surface area (Å²) in [6.45, 7) is 2.92. The average molecular weight is 496 g/mol. The Balaban J connectivity index is 1.42. The molecule has 6 nitrogen and oxygen atoms in total. The zero-order chi connectivity index (χ0) is 25.6. The van der Waals surface area contributed by atoms with Crippen LogP contribution in [0.2, 0.25) is 0 Å². The van der Waals surface area contributed by atoms with Gasteiger partial charge in [-0.25, -0.2) is 4.79 Å². The van der Waals surface area contributed by atoms with Crippen molar-refractivity contribution in [1.29, 1.82) is 0 Å². The molecule has 1 amide bonds. The Hall–Kier alpha value is -3.90. The van der Waals surface area contributed by atoms with Crippen LogP contribution >= 0.6 is 0 Å². The Kier molecular flexibility index (Phi) is 7.66. The molecule has 1 heterocycles. The number of carbonyl (C=O) groups is 2. The van der Waals surface area contributed by atoms with Crippen molar-refractivity contribution >= 4 is 34.5 Å². The third-order valence-corrected chi connectivity index (χ3v) is 7.01. The zero-order valence-corrected chi connectivity index (χ0v) is 21.2. The van der Waals surface area contributed by atoms with E-state index in [1.807, 2.05) is 30.3 Å². The molecule has 0 radical (unpaired) electrons. The van der Waals surface area contributed by atoms with E-state index >= 15 is 0 Å². The minimum Gasteiger partial charge on any atom is -0.462 e. The summed E-state index contributed by atoms with van der Waals surface area (Å²) in [6.07, 6.45) is 6.51. The number of benzene rings is 3. The Labute approximate surface area is 218 Å². The van der Waals surface area contributed by atoms with Crippen LogP contribution in [0.4, 0.5) is 11.4 Å². The number of ether oxygens (including phenoxy) is 1. The van der Waals surface area contributed by atoms with Crippen LogP contribution in [-0.4, -0.2) is 24.5 Å². The number of hydrogen-bond acceptors (Lipinski definition) is 5. The second-order valence-corrected chi connectivity index (χ2v) is 9.59. The van der Waals surface area contributed by atoms with Crippen LogP contribution in [0.25, 0.3) is 11.3 Å². The Bertz CT molecular complexity index is 1290. The molecule has 5 rings (SSSR count). The highest BCUT2D eigenvalue weighted by Crippen LogP contribution is 2.38. The van der Waals surface area contributed by atoms with Crippen molar-refractivity contribution in [3.63, 3.8) is 0 Å². The van der Waals surface area contributed by atoms with Crippen LogP contribution in [0.3, 0.4) is 0 Å². The Morgan fingerprint density at radius 2 is 1.70 bits per heavy atom. The van der Waals surface area contributed by atoms with Crippen molar-refractivity contribution in [3.05, 3.63) is 95.1 Å². The maximum Gasteiger partial charge on any atom is 0.338 e. The van der Waals surface area contributed by atoms with Crippen LogP contribution < -0.4 is 16.0 Å². The van der Waals surface area contributed by atoms with Gasteiger partial charge in [-0.05, 0) is 55.2 Å². The fraction of sp³-hybridized carbons (Fsp3) is 0.290. The van der Waals surface area contributed by atoms with Crippen LogP contribution in [0, 0.1) is 0 Å². The third-order valence-electron chi connectivity index (χ3n) is 7.01. The molecule has 0 unspecified atom stereocenters. The fourth-order valence-electron chi connectivity index (χ4n) is 5.07. The van der Waals surface area contributed by atoms with Crippen molar-refractivity contribution in [2.24, 2.45) is 0 Å². The van der Waals surface area contributed by atoms with Crippen LogP contribution in [0.15, 0.2) is 72.8 Å². The molecule has 3 aromatic rings. The summed E-state index contributed by atoms with van der Waals surface area (Å²) in [5.74, 6) is -0.618. The molecule has 6 heteroatoms. The van der Waals surface area contributed by atoms with Crippen molar-refractivity contribution in [3.8, 4) is 0 Å². The second-order valence-electron chi connectivity index (χ2n) is 9.59. The van der Waals surface area contributed by atoms with E-state index in [2.05, 4.69) is 40.2 Å². The smallest absolute Gasteiger partial charge is 0.338 e. The molecule has 1 aliphatic carbocycles. The fourth-order valence-corrected chi connectivity index (χ4v) is 5.07. The maximum absolute atomic E-state index is 13.2. The molecular formula is C31H33N3O3. The van der Waals surface area contributed by atoms with Gasteiger partial charge in [0.2, 0.25) is 0 Å². The molecule has 2 aliphatic rings. The number of anilines is 2. The highest BCUT2D eigenvalue weighted by atomic mass is 16.5. The van der Waals surface area contributed by atoms with Gasteiger partial charge in [-0.1, -0.05) is 67.8 Å². The topological polar surface area (TPSA) is 79.5 Å². The lowest BCUT2D eigenvalue weighted by Gasteiger charge is -2.23. The summed E-state index contributed by atoms with van der Waals surface area (Å²) in [5.41, 5.74) is 6.06. The highest BCUT2D eigenvalue weighted by Gasteiger charge is 2.29. The van der Waals surface area contributed by atoms with E-state index in [1.54, 1.807) is 25.1 Å². The molecule has 37 heavy (non-hydrogen) atoms. The predicted molar refractivity (Wildman–Crippen MR) is 148 cm³/mol. The van der Waals surface area contributed by atoms with Crippen molar-refractivity contribution in [2.75, 3.05) is 17.2 Å². The van der Waals surface area contributed by atoms with Gasteiger partial charge < -0.3 is 20.7 Å².